The van der Waals surface area contributed by atoms with Crippen LogP contribution in [0.1, 0.15) is 64.2 Å². The number of nitrogens with zero attached hydrogens (tertiary/aromatic N) is 2. The summed E-state index contributed by atoms with van der Waals surface area (Å²) in [7, 11) is 1.76. The summed E-state index contributed by atoms with van der Waals surface area (Å²) in [6, 6.07) is 0.744. The molecule has 0 saturated heterocycles. The van der Waals surface area contributed by atoms with Gasteiger partial charge in [0.1, 0.15) is 0 Å². The molecule has 0 aliphatic heterocycles. The number of rotatable bonds is 6. The first kappa shape index (κ1) is 14.9. The van der Waals surface area contributed by atoms with E-state index >= 15 is 0 Å². The highest BCUT2D eigenvalue weighted by Crippen LogP contribution is 2.53. The van der Waals surface area contributed by atoms with Crippen molar-refractivity contribution in [2.75, 3.05) is 13.7 Å². The Bertz CT molecular complexity index is 482. The van der Waals surface area contributed by atoms with Crippen LogP contribution in [-0.4, -0.2) is 23.4 Å². The molecule has 4 unspecified atom stereocenters. The molecule has 3 rings (SSSR count). The van der Waals surface area contributed by atoms with Crippen LogP contribution in [-0.2, 0) is 0 Å². The number of fused-ring (bicyclic) bond motifs is 2. The molecule has 0 aromatic carbocycles. The van der Waals surface area contributed by atoms with Crippen LogP contribution in [0.15, 0.2) is 6.20 Å². The van der Waals surface area contributed by atoms with Gasteiger partial charge in [0.15, 0.2) is 5.75 Å². The van der Waals surface area contributed by atoms with Crippen molar-refractivity contribution in [3.63, 3.8) is 0 Å². The van der Waals surface area contributed by atoms with Crippen LogP contribution >= 0.6 is 0 Å². The largest absolute Gasteiger partial charge is 0.493 e. The lowest BCUT2D eigenvalue weighted by Gasteiger charge is -2.32. The normalized spacial score (nSPS) is 29.3. The first-order chi connectivity index (χ1) is 10.2. The Morgan fingerprint density at radius 3 is 2.71 bits per heavy atom. The highest BCUT2D eigenvalue weighted by atomic mass is 16.5. The van der Waals surface area contributed by atoms with E-state index in [2.05, 4.69) is 35.9 Å². The quantitative estimate of drug-likeness (QED) is 0.871. The van der Waals surface area contributed by atoms with Gasteiger partial charge in [-0.1, -0.05) is 13.3 Å². The maximum absolute atomic E-state index is 5.62. The maximum Gasteiger partial charge on any atom is 0.161 e. The molecule has 2 aliphatic rings. The fourth-order valence-electron chi connectivity index (χ4n) is 4.59. The van der Waals surface area contributed by atoms with Gasteiger partial charge in [-0.3, -0.25) is 4.68 Å². The van der Waals surface area contributed by atoms with Crippen LogP contribution in [0.5, 0.6) is 5.75 Å². The molecule has 2 bridgehead atoms. The van der Waals surface area contributed by atoms with Crippen LogP contribution in [0.2, 0.25) is 0 Å². The standard InChI is InChI=1S/C17H29N3O/c1-5-18-16(14-9-12-6-7-13(14)8-12)17-15(21-4)10-19-20(17)11(2)3/h10-14,16,18H,5-9H2,1-4H3. The number of aromatic nitrogens is 2. The van der Waals surface area contributed by atoms with Crippen LogP contribution in [0, 0.1) is 17.8 Å². The zero-order chi connectivity index (χ0) is 15.0. The van der Waals surface area contributed by atoms with Gasteiger partial charge in [-0.25, -0.2) is 0 Å². The molecule has 4 atom stereocenters. The molecule has 1 N–H and O–H groups in total. The van der Waals surface area contributed by atoms with Crippen LogP contribution in [0.3, 0.4) is 0 Å². The number of hydrogen-bond donors (Lipinski definition) is 1. The van der Waals surface area contributed by atoms with Gasteiger partial charge in [-0.05, 0) is 57.4 Å². The molecule has 118 valence electrons. The van der Waals surface area contributed by atoms with Gasteiger partial charge in [0, 0.05) is 6.04 Å². The Hall–Kier alpha value is -1.03. The van der Waals surface area contributed by atoms with Crippen molar-refractivity contribution >= 4 is 0 Å². The molecule has 0 spiro atoms. The Kier molecular flexibility index (Phi) is 4.25. The molecule has 2 saturated carbocycles. The first-order valence-corrected chi connectivity index (χ1v) is 8.50. The molecule has 2 fully saturated rings. The Morgan fingerprint density at radius 1 is 1.38 bits per heavy atom. The zero-order valence-corrected chi connectivity index (χ0v) is 13.8. The smallest absolute Gasteiger partial charge is 0.161 e. The number of nitrogens with one attached hydrogen (secondary N) is 1. The molecule has 0 amide bonds. The van der Waals surface area contributed by atoms with Gasteiger partial charge in [-0.2, -0.15) is 5.10 Å². The Balaban J connectivity index is 1.95. The molecule has 2 aliphatic carbocycles. The SMILES string of the molecule is CCNC(c1c(OC)cnn1C(C)C)C1CC2CCC1C2. The first-order valence-electron chi connectivity index (χ1n) is 8.50. The second-order valence-corrected chi connectivity index (χ2v) is 7.01. The van der Waals surface area contributed by atoms with E-state index in [1.807, 2.05) is 6.20 Å². The van der Waals surface area contributed by atoms with Crippen molar-refractivity contribution in [2.45, 2.75) is 58.5 Å². The molecule has 4 heteroatoms. The zero-order valence-electron chi connectivity index (χ0n) is 13.8. The third-order valence-corrected chi connectivity index (χ3v) is 5.45. The Morgan fingerprint density at radius 2 is 2.19 bits per heavy atom. The van der Waals surface area contributed by atoms with Crippen molar-refractivity contribution in [3.8, 4) is 5.75 Å². The van der Waals surface area contributed by atoms with Crippen LogP contribution in [0.25, 0.3) is 0 Å². The number of hydrogen-bond acceptors (Lipinski definition) is 3. The molecule has 21 heavy (non-hydrogen) atoms. The van der Waals surface area contributed by atoms with Crippen LogP contribution in [0.4, 0.5) is 0 Å². The topological polar surface area (TPSA) is 39.1 Å². The van der Waals surface area contributed by atoms with E-state index < -0.39 is 0 Å². The lowest BCUT2D eigenvalue weighted by atomic mass is 9.81. The molecule has 4 nitrogen and oxygen atoms in total. The van der Waals surface area contributed by atoms with E-state index in [1.165, 1.54) is 31.4 Å². The van der Waals surface area contributed by atoms with Crippen molar-refractivity contribution in [3.05, 3.63) is 11.9 Å². The van der Waals surface area contributed by atoms with E-state index in [0.29, 0.717) is 12.1 Å². The number of ether oxygens (including phenoxy) is 1. The minimum atomic E-state index is 0.364. The minimum absolute atomic E-state index is 0.364. The highest BCUT2D eigenvalue weighted by Gasteiger charge is 2.45. The van der Waals surface area contributed by atoms with Gasteiger partial charge in [0.2, 0.25) is 0 Å². The fraction of sp³-hybridized carbons (Fsp3) is 0.824. The third-order valence-electron chi connectivity index (χ3n) is 5.45. The third kappa shape index (κ3) is 2.59. The molecular weight excluding hydrogens is 262 g/mol. The molecular formula is C17H29N3O. The van der Waals surface area contributed by atoms with E-state index in [4.69, 9.17) is 4.74 Å². The summed E-state index contributed by atoms with van der Waals surface area (Å²) in [6.07, 6.45) is 7.54. The lowest BCUT2D eigenvalue weighted by molar-refractivity contribution is 0.236. The predicted octanol–water partition coefficient (Wildman–Crippen LogP) is 3.56. The monoisotopic (exact) mass is 291 g/mol. The maximum atomic E-state index is 5.62. The van der Waals surface area contributed by atoms with E-state index in [-0.39, 0.29) is 0 Å². The average molecular weight is 291 g/mol. The summed E-state index contributed by atoms with van der Waals surface area (Å²) < 4.78 is 7.77. The van der Waals surface area contributed by atoms with Crippen LogP contribution < -0.4 is 10.1 Å². The number of methoxy groups -OCH3 is 1. The molecule has 1 aromatic rings. The summed E-state index contributed by atoms with van der Waals surface area (Å²) >= 11 is 0. The summed E-state index contributed by atoms with van der Waals surface area (Å²) in [5.74, 6) is 3.53. The van der Waals surface area contributed by atoms with Crippen molar-refractivity contribution in [1.29, 1.82) is 0 Å². The van der Waals surface area contributed by atoms with Gasteiger partial charge < -0.3 is 10.1 Å². The summed E-state index contributed by atoms with van der Waals surface area (Å²) in [5.41, 5.74) is 1.26. The van der Waals surface area contributed by atoms with Gasteiger partial charge in [-0.15, -0.1) is 0 Å². The lowest BCUT2D eigenvalue weighted by Crippen LogP contribution is -2.33. The molecule has 0 radical (unpaired) electrons. The van der Waals surface area contributed by atoms with Gasteiger partial charge in [0.05, 0.1) is 25.0 Å². The van der Waals surface area contributed by atoms with Crippen molar-refractivity contribution in [1.82, 2.24) is 15.1 Å². The summed E-state index contributed by atoms with van der Waals surface area (Å²) in [5, 5.41) is 8.32. The van der Waals surface area contributed by atoms with Gasteiger partial charge >= 0.3 is 0 Å². The van der Waals surface area contributed by atoms with Crippen molar-refractivity contribution < 1.29 is 4.74 Å². The van der Waals surface area contributed by atoms with Crippen molar-refractivity contribution in [2.24, 2.45) is 17.8 Å². The fourth-order valence-corrected chi connectivity index (χ4v) is 4.59. The summed E-state index contributed by atoms with van der Waals surface area (Å²) in [6.45, 7) is 7.58. The van der Waals surface area contributed by atoms with Gasteiger partial charge in [0.25, 0.3) is 0 Å². The average Bonchev–Trinajstić information content (AvgIpc) is 3.18. The second kappa shape index (κ2) is 5.99. The minimum Gasteiger partial charge on any atom is -0.493 e. The van der Waals surface area contributed by atoms with E-state index in [9.17, 15) is 0 Å². The molecule has 1 heterocycles. The Labute approximate surface area is 128 Å². The highest BCUT2D eigenvalue weighted by molar-refractivity contribution is 5.30. The van der Waals surface area contributed by atoms with E-state index in [1.54, 1.807) is 7.11 Å². The predicted molar refractivity (Wildman–Crippen MR) is 84.5 cm³/mol. The van der Waals surface area contributed by atoms with E-state index in [0.717, 1.165) is 30.0 Å². The molecule has 1 aromatic heterocycles. The second-order valence-electron chi connectivity index (χ2n) is 7.01. The summed E-state index contributed by atoms with van der Waals surface area (Å²) in [4.78, 5) is 0.